The zero-order valence-corrected chi connectivity index (χ0v) is 11.8. The van der Waals surface area contributed by atoms with Crippen molar-refractivity contribution in [3.8, 4) is 5.75 Å². The van der Waals surface area contributed by atoms with Gasteiger partial charge in [-0.2, -0.15) is 0 Å². The van der Waals surface area contributed by atoms with E-state index < -0.39 is 6.29 Å². The number of hydrogen-bond acceptors (Lipinski definition) is 3. The van der Waals surface area contributed by atoms with E-state index in [9.17, 15) is 5.11 Å². The summed E-state index contributed by atoms with van der Waals surface area (Å²) in [5.74, 6) is 1.36. The van der Waals surface area contributed by atoms with Crippen LogP contribution in [0.3, 0.4) is 0 Å². The molecule has 3 heteroatoms. The summed E-state index contributed by atoms with van der Waals surface area (Å²) in [6.45, 7) is 6.72. The van der Waals surface area contributed by atoms with Crippen LogP contribution < -0.4 is 4.74 Å². The number of methoxy groups -OCH3 is 1. The van der Waals surface area contributed by atoms with Crippen LogP contribution in [-0.4, -0.2) is 25.1 Å². The third-order valence-corrected chi connectivity index (χ3v) is 2.96. The lowest BCUT2D eigenvalue weighted by Gasteiger charge is -2.14. The van der Waals surface area contributed by atoms with E-state index in [2.05, 4.69) is 19.9 Å². The molecule has 0 bridgehead atoms. The first kappa shape index (κ1) is 15.0. The standard InChI is InChI=1S/C15H24O3/c1-5-18-15(16)9-7-12-6-8-14(17-4)13(10-12)11(2)3/h6,8,10-11,15-16H,5,7,9H2,1-4H3. The predicted octanol–water partition coefficient (Wildman–Crippen LogP) is 3.11. The van der Waals surface area contributed by atoms with Gasteiger partial charge < -0.3 is 14.6 Å². The van der Waals surface area contributed by atoms with Gasteiger partial charge in [-0.05, 0) is 36.5 Å². The Balaban J connectivity index is 2.70. The minimum atomic E-state index is -0.667. The van der Waals surface area contributed by atoms with Crippen LogP contribution in [0.25, 0.3) is 0 Å². The molecule has 3 nitrogen and oxygen atoms in total. The van der Waals surface area contributed by atoms with Crippen LogP contribution in [0, 0.1) is 0 Å². The fourth-order valence-electron chi connectivity index (χ4n) is 1.96. The van der Waals surface area contributed by atoms with Crippen LogP contribution >= 0.6 is 0 Å². The molecule has 0 radical (unpaired) electrons. The Labute approximate surface area is 110 Å². The molecule has 0 aliphatic rings. The van der Waals surface area contributed by atoms with Gasteiger partial charge in [-0.1, -0.05) is 26.0 Å². The quantitative estimate of drug-likeness (QED) is 0.758. The Bertz CT molecular complexity index is 361. The van der Waals surface area contributed by atoms with E-state index in [-0.39, 0.29) is 0 Å². The zero-order chi connectivity index (χ0) is 13.5. The number of benzene rings is 1. The molecule has 0 saturated carbocycles. The van der Waals surface area contributed by atoms with Crippen molar-refractivity contribution in [1.29, 1.82) is 0 Å². The zero-order valence-electron chi connectivity index (χ0n) is 11.8. The third kappa shape index (κ3) is 4.31. The summed E-state index contributed by atoms with van der Waals surface area (Å²) in [4.78, 5) is 0. The van der Waals surface area contributed by atoms with Crippen LogP contribution in [-0.2, 0) is 11.2 Å². The first-order chi connectivity index (χ1) is 8.58. The molecule has 102 valence electrons. The van der Waals surface area contributed by atoms with E-state index in [1.54, 1.807) is 7.11 Å². The van der Waals surface area contributed by atoms with Gasteiger partial charge in [0.1, 0.15) is 5.75 Å². The molecule has 0 heterocycles. The van der Waals surface area contributed by atoms with E-state index >= 15 is 0 Å². The van der Waals surface area contributed by atoms with Crippen molar-refractivity contribution in [3.05, 3.63) is 29.3 Å². The number of aryl methyl sites for hydroxylation is 1. The fraction of sp³-hybridized carbons (Fsp3) is 0.600. The highest BCUT2D eigenvalue weighted by Crippen LogP contribution is 2.27. The summed E-state index contributed by atoms with van der Waals surface area (Å²) in [5, 5.41) is 9.54. The molecule has 1 aromatic rings. The largest absolute Gasteiger partial charge is 0.496 e. The average Bonchev–Trinajstić information content (AvgIpc) is 2.36. The van der Waals surface area contributed by atoms with Gasteiger partial charge >= 0.3 is 0 Å². The predicted molar refractivity (Wildman–Crippen MR) is 73.0 cm³/mol. The summed E-state index contributed by atoms with van der Waals surface area (Å²) < 4.78 is 10.5. The monoisotopic (exact) mass is 252 g/mol. The van der Waals surface area contributed by atoms with Crippen LogP contribution in [0.2, 0.25) is 0 Å². The molecule has 1 N–H and O–H groups in total. The molecular weight excluding hydrogens is 228 g/mol. The lowest BCUT2D eigenvalue weighted by atomic mass is 9.98. The van der Waals surface area contributed by atoms with Gasteiger partial charge in [0.2, 0.25) is 0 Å². The van der Waals surface area contributed by atoms with Crippen molar-refractivity contribution in [2.45, 2.75) is 45.8 Å². The Morgan fingerprint density at radius 3 is 2.56 bits per heavy atom. The Morgan fingerprint density at radius 1 is 1.28 bits per heavy atom. The molecule has 0 amide bonds. The minimum Gasteiger partial charge on any atom is -0.496 e. The molecule has 0 aromatic heterocycles. The van der Waals surface area contributed by atoms with Crippen LogP contribution in [0.15, 0.2) is 18.2 Å². The van der Waals surface area contributed by atoms with E-state index in [0.29, 0.717) is 18.9 Å². The molecule has 0 saturated heterocycles. The summed E-state index contributed by atoms with van der Waals surface area (Å²) >= 11 is 0. The summed E-state index contributed by atoms with van der Waals surface area (Å²) in [6.07, 6.45) is 0.766. The molecule has 0 spiro atoms. The fourth-order valence-corrected chi connectivity index (χ4v) is 1.96. The second-order valence-electron chi connectivity index (χ2n) is 4.68. The number of rotatable bonds is 7. The molecular formula is C15H24O3. The first-order valence-electron chi connectivity index (χ1n) is 6.55. The van der Waals surface area contributed by atoms with Crippen molar-refractivity contribution < 1.29 is 14.6 Å². The van der Waals surface area contributed by atoms with Gasteiger partial charge in [0.05, 0.1) is 7.11 Å². The second-order valence-corrected chi connectivity index (χ2v) is 4.68. The number of aliphatic hydroxyl groups excluding tert-OH is 1. The molecule has 0 aliphatic carbocycles. The Morgan fingerprint density at radius 2 is 2.00 bits per heavy atom. The topological polar surface area (TPSA) is 38.7 Å². The van der Waals surface area contributed by atoms with Gasteiger partial charge in [-0.3, -0.25) is 0 Å². The van der Waals surface area contributed by atoms with E-state index in [1.807, 2.05) is 19.1 Å². The average molecular weight is 252 g/mol. The Hall–Kier alpha value is -1.06. The lowest BCUT2D eigenvalue weighted by molar-refractivity contribution is -0.0980. The SMILES string of the molecule is CCOC(O)CCc1ccc(OC)c(C(C)C)c1. The number of aliphatic hydroxyl groups is 1. The summed E-state index contributed by atoms with van der Waals surface area (Å²) in [6, 6.07) is 6.20. The van der Waals surface area contributed by atoms with E-state index in [4.69, 9.17) is 9.47 Å². The normalized spacial score (nSPS) is 12.8. The minimum absolute atomic E-state index is 0.428. The summed E-state index contributed by atoms with van der Waals surface area (Å²) in [7, 11) is 1.69. The van der Waals surface area contributed by atoms with Crippen molar-refractivity contribution >= 4 is 0 Å². The van der Waals surface area contributed by atoms with Gasteiger partial charge in [0.15, 0.2) is 6.29 Å². The number of ether oxygens (including phenoxy) is 2. The second kappa shape index (κ2) is 7.39. The van der Waals surface area contributed by atoms with E-state index in [0.717, 1.165) is 12.2 Å². The molecule has 1 unspecified atom stereocenters. The highest BCUT2D eigenvalue weighted by atomic mass is 16.6. The first-order valence-corrected chi connectivity index (χ1v) is 6.55. The maximum atomic E-state index is 9.54. The number of hydrogen-bond donors (Lipinski definition) is 1. The van der Waals surface area contributed by atoms with Crippen molar-refractivity contribution in [2.24, 2.45) is 0 Å². The maximum absolute atomic E-state index is 9.54. The smallest absolute Gasteiger partial charge is 0.154 e. The van der Waals surface area contributed by atoms with Crippen molar-refractivity contribution in [2.75, 3.05) is 13.7 Å². The molecule has 1 rings (SSSR count). The maximum Gasteiger partial charge on any atom is 0.154 e. The molecule has 0 fully saturated rings. The van der Waals surface area contributed by atoms with Crippen molar-refractivity contribution in [3.63, 3.8) is 0 Å². The van der Waals surface area contributed by atoms with Crippen LogP contribution in [0.1, 0.15) is 44.2 Å². The Kier molecular flexibility index (Phi) is 6.16. The highest BCUT2D eigenvalue weighted by molar-refractivity contribution is 5.39. The third-order valence-electron chi connectivity index (χ3n) is 2.96. The van der Waals surface area contributed by atoms with Crippen LogP contribution in [0.5, 0.6) is 5.75 Å². The van der Waals surface area contributed by atoms with Gasteiger partial charge in [-0.15, -0.1) is 0 Å². The summed E-state index contributed by atoms with van der Waals surface area (Å²) in [5.41, 5.74) is 2.42. The van der Waals surface area contributed by atoms with Crippen molar-refractivity contribution in [1.82, 2.24) is 0 Å². The lowest BCUT2D eigenvalue weighted by Crippen LogP contribution is -2.12. The molecule has 18 heavy (non-hydrogen) atoms. The van der Waals surface area contributed by atoms with Gasteiger partial charge in [0.25, 0.3) is 0 Å². The highest BCUT2D eigenvalue weighted by Gasteiger charge is 2.09. The molecule has 1 atom stereocenters. The van der Waals surface area contributed by atoms with E-state index in [1.165, 1.54) is 11.1 Å². The van der Waals surface area contributed by atoms with Gasteiger partial charge in [-0.25, -0.2) is 0 Å². The molecule has 0 aliphatic heterocycles. The van der Waals surface area contributed by atoms with Crippen LogP contribution in [0.4, 0.5) is 0 Å². The van der Waals surface area contributed by atoms with Gasteiger partial charge in [0, 0.05) is 13.0 Å². The molecule has 1 aromatic carbocycles.